The molecule has 1 amide bonds. The van der Waals surface area contributed by atoms with E-state index >= 15 is 0 Å². The zero-order chi connectivity index (χ0) is 30.6. The summed E-state index contributed by atoms with van der Waals surface area (Å²) in [4.78, 5) is 31.1. The monoisotopic (exact) mass is 716 g/mol. The highest BCUT2D eigenvalue weighted by Crippen LogP contribution is 2.34. The van der Waals surface area contributed by atoms with Gasteiger partial charge in [0.25, 0.3) is 0 Å². The maximum absolute atomic E-state index is 11.2. The molecule has 2 fully saturated rings. The van der Waals surface area contributed by atoms with Gasteiger partial charge in [-0.05, 0) is 67.8 Å². The lowest BCUT2D eigenvalue weighted by Crippen LogP contribution is -2.46. The molecule has 0 N–H and O–H groups in total. The van der Waals surface area contributed by atoms with Crippen molar-refractivity contribution in [2.75, 3.05) is 73.0 Å². The first-order chi connectivity index (χ1) is 20.2. The normalized spacial score (nSPS) is 18.4. The molecule has 9 heteroatoms. The summed E-state index contributed by atoms with van der Waals surface area (Å²) in [5, 5.41) is 0. The van der Waals surface area contributed by atoms with E-state index in [2.05, 4.69) is 90.7 Å². The Morgan fingerprint density at radius 1 is 0.786 bits per heavy atom. The quantitative estimate of drug-likeness (QED) is 0.416. The number of carbonyl (C=O) groups excluding carboxylic acids is 2. The van der Waals surface area contributed by atoms with E-state index < -0.39 is 0 Å². The topological polar surface area (TPSA) is 47.1 Å². The lowest BCUT2D eigenvalue weighted by molar-refractivity contribution is -0.130. The van der Waals surface area contributed by atoms with E-state index in [9.17, 15) is 9.59 Å². The molecular formula is C33H47AlBr2N4O2. The molecule has 2 aliphatic carbocycles. The standard InChI is InChI=1S/C16H21BrN2.C9H7BrO.C7H14N2O.CH3.Al.2H/c1-18-9-11-19(12-10-18)8-7-13-5-6-15-14(13)3-2-4-16(15)17;10-8-3-1-2-7-6(8)4-5-9(7)11;1-7(10)9-5-3-8(2)4-6-9;;;;/h2-5H,6-12H2,1H3;1-3H,4-5H2;3-6H2,1-2H3;1H3;;;. The molecule has 2 aromatic rings. The third kappa shape index (κ3) is 10.1. The van der Waals surface area contributed by atoms with Gasteiger partial charge in [-0.2, -0.15) is 0 Å². The minimum Gasteiger partial charge on any atom is -0.340 e. The van der Waals surface area contributed by atoms with Crippen LogP contribution >= 0.6 is 31.9 Å². The van der Waals surface area contributed by atoms with E-state index in [4.69, 9.17) is 0 Å². The summed E-state index contributed by atoms with van der Waals surface area (Å²) in [6.45, 7) is 11.5. The molecular weight excluding hydrogens is 671 g/mol. The molecule has 6 rings (SSSR count). The van der Waals surface area contributed by atoms with Crippen LogP contribution < -0.4 is 0 Å². The molecule has 6 nitrogen and oxygen atoms in total. The third-order valence-corrected chi connectivity index (χ3v) is 9.77. The number of amides is 1. The van der Waals surface area contributed by atoms with E-state index in [0.29, 0.717) is 6.42 Å². The van der Waals surface area contributed by atoms with Crippen LogP contribution in [-0.2, 0) is 17.6 Å². The molecule has 0 unspecified atom stereocenters. The van der Waals surface area contributed by atoms with Gasteiger partial charge in [-0.25, -0.2) is 0 Å². The Bertz CT molecular complexity index is 1220. The smallest absolute Gasteiger partial charge is 0.219 e. The first kappa shape index (κ1) is 35.2. The predicted molar refractivity (Wildman–Crippen MR) is 185 cm³/mol. The fourth-order valence-corrected chi connectivity index (χ4v) is 6.65. The van der Waals surface area contributed by atoms with Crippen LogP contribution in [0.15, 0.2) is 51.4 Å². The van der Waals surface area contributed by atoms with E-state index in [-0.39, 0.29) is 11.7 Å². The Morgan fingerprint density at radius 3 is 1.90 bits per heavy atom. The molecule has 2 aliphatic heterocycles. The number of benzene rings is 2. The van der Waals surface area contributed by atoms with Gasteiger partial charge in [-0.15, -0.1) is 5.79 Å². The van der Waals surface area contributed by atoms with Gasteiger partial charge in [0.05, 0.1) is 0 Å². The first-order valence-electron chi connectivity index (χ1n) is 15.3. The minimum absolute atomic E-state index is 0.202. The van der Waals surface area contributed by atoms with Gasteiger partial charge in [0.15, 0.2) is 5.78 Å². The molecule has 0 radical (unpaired) electrons. The maximum atomic E-state index is 11.2. The molecule has 2 saturated heterocycles. The Balaban J connectivity index is 0.000000180. The Kier molecular flexibility index (Phi) is 15.0. The molecule has 0 aromatic heterocycles. The summed E-state index contributed by atoms with van der Waals surface area (Å²) in [6.07, 6.45) is 6.26. The second-order valence-electron chi connectivity index (χ2n) is 11.1. The second kappa shape index (κ2) is 17.9. The summed E-state index contributed by atoms with van der Waals surface area (Å²) in [6, 6.07) is 12.4. The largest absolute Gasteiger partial charge is 0.340 e. The average Bonchev–Trinajstić information content (AvgIpc) is 3.60. The number of allylic oxidation sites excluding steroid dienone is 1. The zero-order valence-corrected chi connectivity index (χ0v) is 31.3. The van der Waals surface area contributed by atoms with Crippen LogP contribution in [0.3, 0.4) is 0 Å². The summed E-state index contributed by atoms with van der Waals surface area (Å²) in [7, 11) is 4.29. The van der Waals surface area contributed by atoms with Crippen LogP contribution in [0, 0.1) is 0 Å². The van der Waals surface area contributed by atoms with E-state index in [1.54, 1.807) is 6.92 Å². The molecule has 228 valence electrons. The number of likely N-dealkylation sites (N-methyl/N-ethyl adjacent to an activating group) is 2. The fraction of sp³-hybridized carbons (Fsp3) is 0.515. The van der Waals surface area contributed by atoms with Crippen LogP contribution in [0.4, 0.5) is 0 Å². The molecule has 0 spiro atoms. The van der Waals surface area contributed by atoms with E-state index in [0.717, 1.165) is 49.1 Å². The molecule has 0 saturated carbocycles. The highest BCUT2D eigenvalue weighted by molar-refractivity contribution is 9.10. The second-order valence-corrected chi connectivity index (χ2v) is 12.8. The van der Waals surface area contributed by atoms with Crippen molar-refractivity contribution < 1.29 is 9.59 Å². The number of halogens is 2. The first-order valence-corrected chi connectivity index (χ1v) is 18.9. The highest BCUT2D eigenvalue weighted by atomic mass is 79.9. The lowest BCUT2D eigenvalue weighted by atomic mass is 10.0. The predicted octanol–water partition coefficient (Wildman–Crippen LogP) is 5.05. The summed E-state index contributed by atoms with van der Waals surface area (Å²) in [5.41, 5.74) is 6.55. The van der Waals surface area contributed by atoms with E-state index in [1.165, 1.54) is 82.2 Å². The van der Waals surface area contributed by atoms with Crippen LogP contribution in [-0.4, -0.2) is 121 Å². The number of fused-ring (bicyclic) bond motifs is 2. The SMILES string of the molecule is CC(=O)N1CCN(C)CC1.CN1CCN(CCC2=CCc3c(Br)cccc32)CC1.O=C1CCc2c(Br)cccc21.[CH3][AlH2]. The van der Waals surface area contributed by atoms with Gasteiger partial charge in [-0.3, -0.25) is 9.59 Å². The van der Waals surface area contributed by atoms with Crippen molar-refractivity contribution in [2.24, 2.45) is 0 Å². The third-order valence-electron chi connectivity index (χ3n) is 8.28. The summed E-state index contributed by atoms with van der Waals surface area (Å²) in [5.74, 6) is 2.62. The molecule has 2 heterocycles. The van der Waals surface area contributed by atoms with Crippen LogP contribution in [0.25, 0.3) is 5.57 Å². The van der Waals surface area contributed by atoms with Gasteiger partial charge in [0, 0.05) is 86.8 Å². The van der Waals surface area contributed by atoms with Crippen molar-refractivity contribution in [3.63, 3.8) is 0 Å². The number of nitrogens with zero attached hydrogens (tertiary/aromatic N) is 4. The van der Waals surface area contributed by atoms with Crippen molar-refractivity contribution in [2.45, 2.75) is 38.4 Å². The number of rotatable bonds is 3. The number of piperazine rings is 2. The number of carbonyl (C=O) groups is 2. The number of Topliss-reactive ketones (excluding diaryl/α,β-unsaturated/α-hetero) is 1. The molecule has 0 atom stereocenters. The van der Waals surface area contributed by atoms with Gasteiger partial charge < -0.3 is 19.6 Å². The maximum Gasteiger partial charge on any atom is 0.219 e. The minimum atomic E-state index is 0.202. The van der Waals surface area contributed by atoms with Crippen LogP contribution in [0.1, 0.15) is 46.8 Å². The van der Waals surface area contributed by atoms with Crippen LogP contribution in [0.2, 0.25) is 5.79 Å². The Morgan fingerprint density at radius 2 is 1.33 bits per heavy atom. The van der Waals surface area contributed by atoms with Crippen molar-refractivity contribution in [1.29, 1.82) is 0 Å². The highest BCUT2D eigenvalue weighted by Gasteiger charge is 2.21. The fourth-order valence-electron chi connectivity index (χ4n) is 5.56. The van der Waals surface area contributed by atoms with Gasteiger partial charge >= 0.3 is 0 Å². The Labute approximate surface area is 278 Å². The zero-order valence-electron chi connectivity index (χ0n) is 26.1. The number of ketones is 1. The summed E-state index contributed by atoms with van der Waals surface area (Å²) >= 11 is 8.39. The van der Waals surface area contributed by atoms with Gasteiger partial charge in [0.1, 0.15) is 0 Å². The van der Waals surface area contributed by atoms with Crippen molar-refractivity contribution >= 4 is 65.4 Å². The molecule has 0 bridgehead atoms. The van der Waals surface area contributed by atoms with Crippen molar-refractivity contribution in [3.05, 3.63) is 73.7 Å². The molecule has 42 heavy (non-hydrogen) atoms. The van der Waals surface area contributed by atoms with Gasteiger partial charge in [-0.1, -0.05) is 62.2 Å². The lowest BCUT2D eigenvalue weighted by Gasteiger charge is -2.32. The van der Waals surface area contributed by atoms with Crippen molar-refractivity contribution in [3.8, 4) is 0 Å². The number of hydrogen-bond donors (Lipinski definition) is 0. The van der Waals surface area contributed by atoms with Crippen LogP contribution in [0.5, 0.6) is 0 Å². The van der Waals surface area contributed by atoms with E-state index in [1.807, 2.05) is 23.1 Å². The van der Waals surface area contributed by atoms with Gasteiger partial charge in [0.2, 0.25) is 22.2 Å². The molecule has 2 aromatic carbocycles. The molecule has 4 aliphatic rings. The van der Waals surface area contributed by atoms with Crippen molar-refractivity contribution in [1.82, 2.24) is 19.6 Å². The number of hydrogen-bond acceptors (Lipinski definition) is 5. The summed E-state index contributed by atoms with van der Waals surface area (Å²) < 4.78 is 2.33. The Hall–Kier alpha value is -1.31. The average molecular weight is 719 g/mol.